The Morgan fingerprint density at radius 1 is 1.19 bits per heavy atom. The molecule has 0 spiro atoms. The molecular weight excluding hydrogens is 408 g/mol. The maximum absolute atomic E-state index is 12.7. The van der Waals surface area contributed by atoms with Crippen LogP contribution in [-0.4, -0.2) is 31.7 Å². The lowest BCUT2D eigenvalue weighted by Crippen LogP contribution is -2.20. The summed E-state index contributed by atoms with van der Waals surface area (Å²) in [5.41, 5.74) is 2.29. The van der Waals surface area contributed by atoms with Crippen molar-refractivity contribution in [2.24, 2.45) is 5.92 Å². The van der Waals surface area contributed by atoms with Gasteiger partial charge in [0.1, 0.15) is 35.5 Å². The van der Waals surface area contributed by atoms with E-state index in [0.717, 1.165) is 18.4 Å². The van der Waals surface area contributed by atoms with Crippen molar-refractivity contribution in [3.8, 4) is 28.7 Å². The minimum absolute atomic E-state index is 0.119. The van der Waals surface area contributed by atoms with E-state index >= 15 is 0 Å². The normalized spacial score (nSPS) is 15.9. The number of Topliss-reactive ketones (excluding diaryl/α,β-unsaturated/α-hetero) is 1. The molecule has 0 radical (unpaired) electrons. The highest BCUT2D eigenvalue weighted by atomic mass is 16.5. The Hall–Kier alpha value is -3.15. The van der Waals surface area contributed by atoms with E-state index in [1.807, 2.05) is 18.2 Å². The van der Waals surface area contributed by atoms with Crippen LogP contribution in [0.2, 0.25) is 0 Å². The first-order valence-electron chi connectivity index (χ1n) is 10.9. The van der Waals surface area contributed by atoms with Crippen molar-refractivity contribution in [3.63, 3.8) is 0 Å². The Bertz CT molecular complexity index is 992. The summed E-state index contributed by atoms with van der Waals surface area (Å²) in [4.78, 5) is 12.7. The highest BCUT2D eigenvalue weighted by molar-refractivity contribution is 6.02. The summed E-state index contributed by atoms with van der Waals surface area (Å²) < 4.78 is 22.7. The number of phenols is 1. The van der Waals surface area contributed by atoms with Gasteiger partial charge in [0.05, 0.1) is 20.6 Å². The molecule has 0 amide bonds. The first-order valence-corrected chi connectivity index (χ1v) is 10.9. The van der Waals surface area contributed by atoms with Gasteiger partial charge in [-0.05, 0) is 49.5 Å². The number of fused-ring (bicyclic) bond motifs is 1. The van der Waals surface area contributed by atoms with E-state index in [4.69, 9.17) is 18.9 Å². The van der Waals surface area contributed by atoms with E-state index in [1.165, 1.54) is 18.7 Å². The fourth-order valence-electron chi connectivity index (χ4n) is 3.61. The van der Waals surface area contributed by atoms with E-state index < -0.39 is 6.10 Å². The molecule has 1 aliphatic rings. The minimum atomic E-state index is -0.498. The van der Waals surface area contributed by atoms with E-state index in [-0.39, 0.29) is 23.5 Å². The lowest BCUT2D eigenvalue weighted by molar-refractivity contribution is 0.0844. The van der Waals surface area contributed by atoms with E-state index in [0.29, 0.717) is 35.5 Å². The van der Waals surface area contributed by atoms with Crippen LogP contribution in [0.1, 0.15) is 62.1 Å². The summed E-state index contributed by atoms with van der Waals surface area (Å²) >= 11 is 0. The van der Waals surface area contributed by atoms with Crippen LogP contribution in [-0.2, 0) is 0 Å². The topological polar surface area (TPSA) is 74.2 Å². The van der Waals surface area contributed by atoms with E-state index in [1.54, 1.807) is 13.2 Å². The quantitative estimate of drug-likeness (QED) is 0.491. The number of allylic oxidation sites excluding steroid dienone is 1. The summed E-state index contributed by atoms with van der Waals surface area (Å²) in [5.74, 6) is 2.30. The molecule has 1 N–H and O–H groups in total. The predicted molar refractivity (Wildman–Crippen MR) is 123 cm³/mol. The van der Waals surface area contributed by atoms with Gasteiger partial charge in [0.2, 0.25) is 0 Å². The third-order valence-electron chi connectivity index (χ3n) is 5.56. The molecule has 0 bridgehead atoms. The molecule has 6 nitrogen and oxygen atoms in total. The monoisotopic (exact) mass is 440 g/mol. The third kappa shape index (κ3) is 5.55. The number of ketones is 1. The molecule has 0 aliphatic carbocycles. The fourth-order valence-corrected chi connectivity index (χ4v) is 3.61. The van der Waals surface area contributed by atoms with Crippen molar-refractivity contribution < 1.29 is 28.8 Å². The molecule has 2 aromatic carbocycles. The number of methoxy groups -OCH3 is 2. The Balaban J connectivity index is 1.74. The van der Waals surface area contributed by atoms with Crippen LogP contribution < -0.4 is 18.9 Å². The third-order valence-corrected chi connectivity index (χ3v) is 5.56. The molecule has 0 aromatic heterocycles. The summed E-state index contributed by atoms with van der Waals surface area (Å²) in [6.07, 6.45) is 3.94. The van der Waals surface area contributed by atoms with Gasteiger partial charge in [-0.3, -0.25) is 4.79 Å². The Kier molecular flexibility index (Phi) is 7.67. The predicted octanol–water partition coefficient (Wildman–Crippen LogP) is 5.88. The first kappa shape index (κ1) is 23.5. The lowest BCUT2D eigenvalue weighted by Gasteiger charge is -2.27. The second-order valence-corrected chi connectivity index (χ2v) is 8.46. The average molecular weight is 441 g/mol. The first-order chi connectivity index (χ1) is 15.3. The summed E-state index contributed by atoms with van der Waals surface area (Å²) in [5, 5.41) is 10.2. The molecule has 1 aliphatic heterocycles. The van der Waals surface area contributed by atoms with Gasteiger partial charge in [-0.25, -0.2) is 0 Å². The molecular formula is C26H32O6. The molecule has 0 fully saturated rings. The molecule has 0 saturated carbocycles. The number of hydrogen-bond donors (Lipinski definition) is 1. The number of aromatic hydroxyl groups is 1. The summed E-state index contributed by atoms with van der Waals surface area (Å²) in [6.45, 7) is 7.02. The van der Waals surface area contributed by atoms with Crippen LogP contribution in [0.4, 0.5) is 0 Å². The van der Waals surface area contributed by atoms with Gasteiger partial charge in [-0.1, -0.05) is 25.5 Å². The van der Waals surface area contributed by atoms with Crippen molar-refractivity contribution in [3.05, 3.63) is 53.1 Å². The van der Waals surface area contributed by atoms with Gasteiger partial charge in [0.15, 0.2) is 17.3 Å². The molecule has 3 rings (SSSR count). The van der Waals surface area contributed by atoms with E-state index in [9.17, 15) is 9.90 Å². The highest BCUT2D eigenvalue weighted by Gasteiger charge is 2.31. The zero-order chi connectivity index (χ0) is 23.3. The number of rotatable bonds is 9. The Labute approximate surface area is 189 Å². The molecule has 1 atom stereocenters. The lowest BCUT2D eigenvalue weighted by atomic mass is 9.95. The number of carbonyl (C=O) groups excluding carboxylic acids is 1. The van der Waals surface area contributed by atoms with Gasteiger partial charge in [-0.15, -0.1) is 0 Å². The molecule has 6 heteroatoms. The fraction of sp³-hybridized carbons (Fsp3) is 0.423. The summed E-state index contributed by atoms with van der Waals surface area (Å²) in [7, 11) is 3.08. The van der Waals surface area contributed by atoms with Gasteiger partial charge < -0.3 is 24.1 Å². The second kappa shape index (κ2) is 10.4. The van der Waals surface area contributed by atoms with Crippen LogP contribution >= 0.6 is 0 Å². The molecule has 1 heterocycles. The molecule has 2 aromatic rings. The van der Waals surface area contributed by atoms with Crippen LogP contribution in [0.25, 0.3) is 0 Å². The number of ether oxygens (including phenoxy) is 4. The molecule has 172 valence electrons. The maximum Gasteiger partial charge on any atom is 0.174 e. The van der Waals surface area contributed by atoms with Crippen molar-refractivity contribution >= 4 is 5.78 Å². The van der Waals surface area contributed by atoms with Crippen LogP contribution in [0.3, 0.4) is 0 Å². The van der Waals surface area contributed by atoms with Crippen molar-refractivity contribution in [2.75, 3.05) is 20.8 Å². The zero-order valence-electron chi connectivity index (χ0n) is 19.4. The number of phenolic OH excluding ortho intramolecular Hbond substituents is 1. The largest absolute Gasteiger partial charge is 0.507 e. The van der Waals surface area contributed by atoms with Gasteiger partial charge in [0, 0.05) is 12.1 Å². The van der Waals surface area contributed by atoms with Gasteiger partial charge >= 0.3 is 0 Å². The zero-order valence-corrected chi connectivity index (χ0v) is 19.4. The highest BCUT2D eigenvalue weighted by Crippen LogP contribution is 2.43. The SMILES string of the molecule is COc1cc(O)c2c(c1)O[C@H](c1ccc(OCC=C(C)CCC(C)C)c(OC)c1)CC2=O. The number of benzene rings is 2. The van der Waals surface area contributed by atoms with Crippen LogP contribution in [0.15, 0.2) is 42.0 Å². The standard InChI is InChI=1S/C26H32O6/c1-16(2)6-7-17(3)10-11-31-22-9-8-18(12-24(22)30-5)23-15-21(28)26-20(27)13-19(29-4)14-25(26)32-23/h8-10,12-14,16,23,27H,6-7,11,15H2,1-5H3/t23-/m0/s1. The van der Waals surface area contributed by atoms with Crippen molar-refractivity contribution in [2.45, 2.75) is 46.1 Å². The van der Waals surface area contributed by atoms with Crippen molar-refractivity contribution in [1.82, 2.24) is 0 Å². The number of carbonyl (C=O) groups is 1. The minimum Gasteiger partial charge on any atom is -0.507 e. The van der Waals surface area contributed by atoms with Gasteiger partial charge in [0.25, 0.3) is 0 Å². The molecule has 0 unspecified atom stereocenters. The van der Waals surface area contributed by atoms with E-state index in [2.05, 4.69) is 26.8 Å². The van der Waals surface area contributed by atoms with Crippen molar-refractivity contribution in [1.29, 1.82) is 0 Å². The Morgan fingerprint density at radius 2 is 1.97 bits per heavy atom. The Morgan fingerprint density at radius 3 is 2.66 bits per heavy atom. The summed E-state index contributed by atoms with van der Waals surface area (Å²) in [6, 6.07) is 8.55. The second-order valence-electron chi connectivity index (χ2n) is 8.46. The molecule has 0 saturated heterocycles. The van der Waals surface area contributed by atoms with Gasteiger partial charge in [-0.2, -0.15) is 0 Å². The van der Waals surface area contributed by atoms with Crippen LogP contribution in [0, 0.1) is 5.92 Å². The smallest absolute Gasteiger partial charge is 0.174 e. The number of hydrogen-bond acceptors (Lipinski definition) is 6. The molecule has 32 heavy (non-hydrogen) atoms. The average Bonchev–Trinajstić information content (AvgIpc) is 2.77. The van der Waals surface area contributed by atoms with Crippen LogP contribution in [0.5, 0.6) is 28.7 Å². The maximum atomic E-state index is 12.7.